The fourth-order valence-corrected chi connectivity index (χ4v) is 11.0. The van der Waals surface area contributed by atoms with Crippen molar-refractivity contribution in [1.82, 2.24) is 0 Å². The fourth-order valence-electron chi connectivity index (χ4n) is 9.76. The van der Waals surface area contributed by atoms with E-state index < -0.39 is 12.1 Å². The van der Waals surface area contributed by atoms with Gasteiger partial charge in [0.1, 0.15) is 17.2 Å². The molecular weight excluding hydrogens is 789 g/mol. The first kappa shape index (κ1) is 43.0. The smallest absolute Gasteiger partial charge is 0.231 e. The number of unbranched alkanes of at least 4 members (excludes halogenated alkanes) is 2. The lowest BCUT2D eigenvalue weighted by molar-refractivity contribution is -0.223. The zero-order chi connectivity index (χ0) is 42.2. The predicted octanol–water partition coefficient (Wildman–Crippen LogP) is 10.5. The summed E-state index contributed by atoms with van der Waals surface area (Å²) in [7, 11) is 0. The summed E-state index contributed by atoms with van der Waals surface area (Å²) >= 11 is 1.67. The average Bonchev–Trinajstić information content (AvgIpc) is 3.27. The molecule has 1 amide bonds. The summed E-state index contributed by atoms with van der Waals surface area (Å²) in [4.78, 5) is 19.1. The highest BCUT2D eigenvalue weighted by molar-refractivity contribution is 8.00. The summed E-state index contributed by atoms with van der Waals surface area (Å²) in [5.74, 6) is 0.842. The van der Waals surface area contributed by atoms with Gasteiger partial charge in [-0.3, -0.25) is 4.79 Å². The molecule has 8 rings (SSSR count). The van der Waals surface area contributed by atoms with Crippen molar-refractivity contribution < 1.29 is 38.8 Å². The molecule has 4 aliphatic rings. The second kappa shape index (κ2) is 20.0. The van der Waals surface area contributed by atoms with E-state index in [1.165, 1.54) is 6.92 Å². The number of anilines is 1. The molecule has 4 aromatic carbocycles. The Morgan fingerprint density at radius 3 is 2.48 bits per heavy atom. The van der Waals surface area contributed by atoms with Gasteiger partial charge in [-0.25, -0.2) is 0 Å². The number of aliphatic hydroxyl groups excluding tert-OH is 2. The molecule has 0 spiro atoms. The van der Waals surface area contributed by atoms with Gasteiger partial charge >= 0.3 is 0 Å². The summed E-state index contributed by atoms with van der Waals surface area (Å²) in [5, 5.41) is 29.7. The van der Waals surface area contributed by atoms with E-state index in [1.807, 2.05) is 54.6 Å². The molecule has 0 radical (unpaired) electrons. The lowest BCUT2D eigenvalue weighted by Crippen LogP contribution is -2.64. The zero-order valence-corrected chi connectivity index (χ0v) is 35.8. The van der Waals surface area contributed by atoms with Crippen LogP contribution in [0.3, 0.4) is 0 Å². The van der Waals surface area contributed by atoms with Gasteiger partial charge in [0.25, 0.3) is 0 Å². The number of fused-ring (bicyclic) bond motifs is 3. The van der Waals surface area contributed by atoms with Gasteiger partial charge in [-0.15, -0.1) is 18.3 Å². The minimum Gasteiger partial charge on any atom is -0.460 e. The number of carbonyl (C=O) groups excluding carboxylic acids is 1. The molecule has 2 fully saturated rings. The van der Waals surface area contributed by atoms with E-state index in [0.717, 1.165) is 101 Å². The van der Waals surface area contributed by atoms with Crippen LogP contribution < -0.4 is 14.8 Å². The van der Waals surface area contributed by atoms with Gasteiger partial charge in [0.05, 0.1) is 30.1 Å². The Hall–Kier alpha value is -4.65. The summed E-state index contributed by atoms with van der Waals surface area (Å²) in [5.41, 5.74) is 3.68. The molecule has 0 bridgehead atoms. The van der Waals surface area contributed by atoms with E-state index in [-0.39, 0.29) is 54.6 Å². The molecule has 2 aliphatic carbocycles. The van der Waals surface area contributed by atoms with Crippen molar-refractivity contribution in [3.05, 3.63) is 115 Å². The number of ether oxygens (including phenoxy) is 4. The van der Waals surface area contributed by atoms with Crippen LogP contribution in [0.1, 0.15) is 82.6 Å². The number of hydrogen-bond donors (Lipinski definition) is 3. The molecule has 7 unspecified atom stereocenters. The maximum Gasteiger partial charge on any atom is 0.231 e. The Balaban J connectivity index is 1.27. The summed E-state index contributed by atoms with van der Waals surface area (Å²) in [6.07, 6.45) is 12.0. The number of nitrogens with one attached hydrogen (secondary N) is 1. The number of nitrogens with zero attached hydrogens (tertiary/aromatic N) is 1. The monoisotopic (exact) mass is 846 g/mol. The third kappa shape index (κ3) is 9.71. The molecule has 0 aromatic heterocycles. The van der Waals surface area contributed by atoms with E-state index in [4.69, 9.17) is 28.9 Å². The fraction of sp³-hybridized carbons (Fsp3) is 0.440. The predicted molar refractivity (Wildman–Crippen MR) is 240 cm³/mol. The zero-order valence-electron chi connectivity index (χ0n) is 35.0. The van der Waals surface area contributed by atoms with Crippen LogP contribution in [0.4, 0.5) is 5.69 Å². The van der Waals surface area contributed by atoms with Crippen LogP contribution in [0.5, 0.6) is 17.2 Å². The van der Waals surface area contributed by atoms with Gasteiger partial charge in [-0.2, -0.15) is 0 Å². The molecule has 61 heavy (non-hydrogen) atoms. The Labute approximate surface area is 363 Å². The van der Waals surface area contributed by atoms with Gasteiger partial charge in [0.15, 0.2) is 0 Å². The molecular formula is C50H58N2O8S. The first-order chi connectivity index (χ1) is 29.9. The van der Waals surface area contributed by atoms with Crippen molar-refractivity contribution >= 4 is 39.8 Å². The maximum absolute atomic E-state index is 11.9. The standard InChI is InChI=1S/C50H58N2O8S/c1-3-27-57-50-46(61-40-22-18-37(19-23-40)51-33(2)55)32-44(52-60-47-16-8-11-28-56-47)42-30-36(14-6-9-25-53)41(15-7-10-26-54)48(49(42)50)43-31-39(21-24-45(43)59-50)58-38-20-17-34-12-4-5-13-35(34)29-38/h3-5,12-13,17-24,29-31,36,41,46-49,53-54H,1,6-11,14-16,25-28,32H2,2H3,(H,51,55). The maximum atomic E-state index is 11.9. The number of carbonyl (C=O) groups is 1. The topological polar surface area (TPSA) is 128 Å². The van der Waals surface area contributed by atoms with Gasteiger partial charge in [0, 0.05) is 55.0 Å². The lowest BCUT2D eigenvalue weighted by Gasteiger charge is -2.58. The van der Waals surface area contributed by atoms with Gasteiger partial charge in [0.2, 0.25) is 18.0 Å². The Morgan fingerprint density at radius 1 is 0.951 bits per heavy atom. The molecule has 11 heteroatoms. The highest BCUT2D eigenvalue weighted by atomic mass is 32.2. The number of oxime groups is 1. The molecule has 2 aliphatic heterocycles. The van der Waals surface area contributed by atoms with Crippen LogP contribution in [0, 0.1) is 17.8 Å². The summed E-state index contributed by atoms with van der Waals surface area (Å²) in [6, 6.07) is 28.4. The number of benzene rings is 4. The van der Waals surface area contributed by atoms with E-state index in [1.54, 1.807) is 17.8 Å². The minimum atomic E-state index is -1.15. The normalized spacial score (nSPS) is 26.1. The largest absolute Gasteiger partial charge is 0.460 e. The number of rotatable bonds is 18. The number of hydrogen-bond acceptors (Lipinski definition) is 10. The molecule has 7 atom stereocenters. The molecule has 1 saturated carbocycles. The molecule has 1 saturated heterocycles. The van der Waals surface area contributed by atoms with Crippen LogP contribution >= 0.6 is 11.8 Å². The second-order valence-corrected chi connectivity index (χ2v) is 17.9. The molecule has 3 N–H and O–H groups in total. The SMILES string of the molecule is C=CCOC12Oc3ccc(Oc4ccc5ccccc5c4)cc3C3C(CCCCO)C(CCCCO)C=C(C(=NOC4CCCCO4)CC1Sc1ccc(NC(C)=O)cc1)C32. The lowest BCUT2D eigenvalue weighted by atomic mass is 9.56. The van der Waals surface area contributed by atoms with E-state index >= 15 is 0 Å². The number of aliphatic hydroxyl groups is 2. The van der Waals surface area contributed by atoms with Crippen molar-refractivity contribution in [2.24, 2.45) is 22.9 Å². The Kier molecular flexibility index (Phi) is 14.1. The third-order valence-electron chi connectivity index (χ3n) is 12.4. The van der Waals surface area contributed by atoms with Crippen LogP contribution in [0.25, 0.3) is 10.8 Å². The van der Waals surface area contributed by atoms with Crippen molar-refractivity contribution in [2.75, 3.05) is 31.7 Å². The molecule has 2 heterocycles. The van der Waals surface area contributed by atoms with Gasteiger partial charge in [-0.1, -0.05) is 60.5 Å². The van der Waals surface area contributed by atoms with Gasteiger partial charge < -0.3 is 39.3 Å². The number of amides is 1. The summed E-state index contributed by atoms with van der Waals surface area (Å²) in [6.45, 7) is 6.75. The van der Waals surface area contributed by atoms with Crippen LogP contribution in [-0.2, 0) is 19.1 Å². The van der Waals surface area contributed by atoms with E-state index in [2.05, 4.69) is 48.3 Å². The molecule has 4 aromatic rings. The third-order valence-corrected chi connectivity index (χ3v) is 13.8. The first-order valence-corrected chi connectivity index (χ1v) is 22.8. The highest BCUT2D eigenvalue weighted by Crippen LogP contribution is 2.63. The quantitative estimate of drug-likeness (QED) is 0.0509. The van der Waals surface area contributed by atoms with Crippen molar-refractivity contribution in [3.63, 3.8) is 0 Å². The summed E-state index contributed by atoms with van der Waals surface area (Å²) < 4.78 is 27.2. The Bertz CT molecular complexity index is 2200. The van der Waals surface area contributed by atoms with Crippen molar-refractivity contribution in [2.45, 2.75) is 99.3 Å². The van der Waals surface area contributed by atoms with Gasteiger partial charge in [-0.05, 0) is 121 Å². The average molecular weight is 847 g/mol. The number of thioether (sulfide) groups is 1. The minimum absolute atomic E-state index is 0.0896. The second-order valence-electron chi connectivity index (χ2n) is 16.6. The van der Waals surface area contributed by atoms with Crippen LogP contribution in [-0.4, -0.2) is 65.6 Å². The van der Waals surface area contributed by atoms with E-state index in [0.29, 0.717) is 25.2 Å². The van der Waals surface area contributed by atoms with E-state index in [9.17, 15) is 15.0 Å². The van der Waals surface area contributed by atoms with Crippen LogP contribution in [0.2, 0.25) is 0 Å². The Morgan fingerprint density at radius 2 is 1.72 bits per heavy atom. The van der Waals surface area contributed by atoms with Crippen molar-refractivity contribution in [3.8, 4) is 17.2 Å². The first-order valence-electron chi connectivity index (χ1n) is 22.0. The molecule has 10 nitrogen and oxygen atoms in total. The molecule has 322 valence electrons. The van der Waals surface area contributed by atoms with Crippen LogP contribution in [0.15, 0.2) is 119 Å². The highest BCUT2D eigenvalue weighted by Gasteiger charge is 2.64. The van der Waals surface area contributed by atoms with Crippen molar-refractivity contribution in [1.29, 1.82) is 0 Å². The number of allylic oxidation sites excluding steroid dienone is 1.